The van der Waals surface area contributed by atoms with Gasteiger partial charge in [0.05, 0.1) is 0 Å². The van der Waals surface area contributed by atoms with Gasteiger partial charge in [-0.25, -0.2) is 0 Å². The SMILES string of the molecule is O=C(O)CCc1ccc(NC2CC2)cc1. The summed E-state index contributed by atoms with van der Waals surface area (Å²) in [5.41, 5.74) is 2.22. The van der Waals surface area contributed by atoms with Gasteiger partial charge in [0.2, 0.25) is 0 Å². The van der Waals surface area contributed by atoms with Crippen molar-refractivity contribution < 1.29 is 9.90 Å². The molecule has 2 N–H and O–H groups in total. The second-order valence-corrected chi connectivity index (χ2v) is 4.01. The summed E-state index contributed by atoms with van der Waals surface area (Å²) in [5, 5.41) is 11.9. The molecular formula is C12H15NO2. The first-order valence-corrected chi connectivity index (χ1v) is 5.31. The first-order chi connectivity index (χ1) is 7.24. The van der Waals surface area contributed by atoms with Crippen molar-refractivity contribution in [1.29, 1.82) is 0 Å². The topological polar surface area (TPSA) is 49.3 Å². The number of anilines is 1. The maximum atomic E-state index is 10.4. The lowest BCUT2D eigenvalue weighted by atomic mass is 10.1. The molecule has 0 bridgehead atoms. The average molecular weight is 205 g/mol. The Labute approximate surface area is 89.1 Å². The van der Waals surface area contributed by atoms with Gasteiger partial charge >= 0.3 is 5.97 Å². The summed E-state index contributed by atoms with van der Waals surface area (Å²) in [6.45, 7) is 0. The fraction of sp³-hybridized carbons (Fsp3) is 0.417. The lowest BCUT2D eigenvalue weighted by Gasteiger charge is -2.05. The highest BCUT2D eigenvalue weighted by molar-refractivity contribution is 5.67. The summed E-state index contributed by atoms with van der Waals surface area (Å²) in [6, 6.07) is 8.70. The quantitative estimate of drug-likeness (QED) is 0.775. The summed E-state index contributed by atoms with van der Waals surface area (Å²) in [5.74, 6) is -0.741. The molecule has 0 aromatic heterocycles. The fourth-order valence-corrected chi connectivity index (χ4v) is 1.48. The number of carboxylic acid groups (broad SMARTS) is 1. The van der Waals surface area contributed by atoms with Gasteiger partial charge in [-0.1, -0.05) is 12.1 Å². The van der Waals surface area contributed by atoms with Gasteiger partial charge in [0.15, 0.2) is 0 Å². The third-order valence-corrected chi connectivity index (χ3v) is 2.53. The smallest absolute Gasteiger partial charge is 0.303 e. The van der Waals surface area contributed by atoms with Crippen LogP contribution >= 0.6 is 0 Å². The minimum atomic E-state index is -0.741. The predicted octanol–water partition coefficient (Wildman–Crippen LogP) is 2.28. The Balaban J connectivity index is 1.87. The van der Waals surface area contributed by atoms with Crippen molar-refractivity contribution in [1.82, 2.24) is 0 Å². The van der Waals surface area contributed by atoms with Gasteiger partial charge in [-0.2, -0.15) is 0 Å². The number of hydrogen-bond acceptors (Lipinski definition) is 2. The van der Waals surface area contributed by atoms with Gasteiger partial charge in [-0.15, -0.1) is 0 Å². The van der Waals surface area contributed by atoms with Crippen molar-refractivity contribution in [3.8, 4) is 0 Å². The van der Waals surface area contributed by atoms with Crippen LogP contribution in [0.4, 0.5) is 5.69 Å². The van der Waals surface area contributed by atoms with E-state index in [1.165, 1.54) is 12.8 Å². The van der Waals surface area contributed by atoms with Crippen LogP contribution in [0.1, 0.15) is 24.8 Å². The van der Waals surface area contributed by atoms with Crippen LogP contribution in [0.3, 0.4) is 0 Å². The number of carboxylic acids is 1. The molecule has 3 heteroatoms. The van der Waals surface area contributed by atoms with E-state index in [0.29, 0.717) is 12.5 Å². The molecule has 1 fully saturated rings. The predicted molar refractivity (Wildman–Crippen MR) is 59.0 cm³/mol. The highest BCUT2D eigenvalue weighted by atomic mass is 16.4. The first-order valence-electron chi connectivity index (χ1n) is 5.31. The number of aliphatic carboxylic acids is 1. The molecule has 15 heavy (non-hydrogen) atoms. The van der Waals surface area contributed by atoms with E-state index < -0.39 is 5.97 Å². The van der Waals surface area contributed by atoms with Gasteiger partial charge in [0, 0.05) is 18.2 Å². The summed E-state index contributed by atoms with van der Waals surface area (Å²) in [7, 11) is 0. The number of benzene rings is 1. The van der Waals surface area contributed by atoms with E-state index in [-0.39, 0.29) is 6.42 Å². The molecular weight excluding hydrogens is 190 g/mol. The highest BCUT2D eigenvalue weighted by Crippen LogP contribution is 2.24. The molecule has 0 heterocycles. The number of nitrogens with one attached hydrogen (secondary N) is 1. The van der Waals surface area contributed by atoms with Crippen LogP contribution in [-0.4, -0.2) is 17.1 Å². The van der Waals surface area contributed by atoms with Crippen molar-refractivity contribution >= 4 is 11.7 Å². The minimum Gasteiger partial charge on any atom is -0.481 e. The zero-order valence-corrected chi connectivity index (χ0v) is 8.57. The maximum Gasteiger partial charge on any atom is 0.303 e. The Morgan fingerprint density at radius 1 is 1.33 bits per heavy atom. The molecule has 3 nitrogen and oxygen atoms in total. The van der Waals surface area contributed by atoms with E-state index in [4.69, 9.17) is 5.11 Å². The standard InChI is InChI=1S/C12H15NO2/c14-12(15)8-3-9-1-4-10(5-2-9)13-11-6-7-11/h1-2,4-5,11,13H,3,6-8H2,(H,14,15). The van der Waals surface area contributed by atoms with Crippen molar-refractivity contribution in [2.75, 3.05) is 5.32 Å². The maximum absolute atomic E-state index is 10.4. The number of carbonyl (C=O) groups is 1. The van der Waals surface area contributed by atoms with Crippen molar-refractivity contribution in [2.24, 2.45) is 0 Å². The van der Waals surface area contributed by atoms with Gasteiger partial charge in [0.1, 0.15) is 0 Å². The van der Waals surface area contributed by atoms with E-state index in [9.17, 15) is 4.79 Å². The summed E-state index contributed by atoms with van der Waals surface area (Å²) >= 11 is 0. The van der Waals surface area contributed by atoms with Crippen LogP contribution in [0, 0.1) is 0 Å². The number of rotatable bonds is 5. The van der Waals surface area contributed by atoms with E-state index in [2.05, 4.69) is 5.32 Å². The molecule has 1 aromatic carbocycles. The lowest BCUT2D eigenvalue weighted by Crippen LogP contribution is -2.01. The molecule has 0 amide bonds. The molecule has 0 aliphatic heterocycles. The molecule has 80 valence electrons. The molecule has 1 aliphatic carbocycles. The van der Waals surface area contributed by atoms with Crippen LogP contribution in [-0.2, 0) is 11.2 Å². The fourth-order valence-electron chi connectivity index (χ4n) is 1.48. The van der Waals surface area contributed by atoms with Gasteiger partial charge in [-0.05, 0) is 37.0 Å². The Kier molecular flexibility index (Phi) is 2.90. The van der Waals surface area contributed by atoms with E-state index in [1.807, 2.05) is 24.3 Å². The molecule has 2 rings (SSSR count). The van der Waals surface area contributed by atoms with Crippen molar-refractivity contribution in [3.63, 3.8) is 0 Å². The van der Waals surface area contributed by atoms with Crippen LogP contribution in [0.5, 0.6) is 0 Å². The lowest BCUT2D eigenvalue weighted by molar-refractivity contribution is -0.136. The first kappa shape index (κ1) is 10.0. The van der Waals surface area contributed by atoms with Gasteiger partial charge < -0.3 is 10.4 Å². The van der Waals surface area contributed by atoms with Crippen LogP contribution in [0.15, 0.2) is 24.3 Å². The summed E-state index contributed by atoms with van der Waals surface area (Å²) < 4.78 is 0. The van der Waals surface area contributed by atoms with Gasteiger partial charge in [-0.3, -0.25) is 4.79 Å². The Morgan fingerprint density at radius 3 is 2.53 bits per heavy atom. The zero-order valence-electron chi connectivity index (χ0n) is 8.57. The molecule has 1 aliphatic rings. The van der Waals surface area contributed by atoms with E-state index >= 15 is 0 Å². The molecule has 0 radical (unpaired) electrons. The van der Waals surface area contributed by atoms with Crippen LogP contribution in [0.2, 0.25) is 0 Å². The van der Waals surface area contributed by atoms with Gasteiger partial charge in [0.25, 0.3) is 0 Å². The van der Waals surface area contributed by atoms with E-state index in [0.717, 1.165) is 11.3 Å². The van der Waals surface area contributed by atoms with Crippen molar-refractivity contribution in [3.05, 3.63) is 29.8 Å². The Bertz CT molecular complexity index is 341. The summed E-state index contributed by atoms with van der Waals surface area (Å²) in [4.78, 5) is 10.4. The molecule has 0 unspecified atom stereocenters. The highest BCUT2D eigenvalue weighted by Gasteiger charge is 2.20. The van der Waals surface area contributed by atoms with Crippen molar-refractivity contribution in [2.45, 2.75) is 31.7 Å². The Morgan fingerprint density at radius 2 is 2.00 bits per heavy atom. The monoisotopic (exact) mass is 205 g/mol. The number of hydrogen-bond donors (Lipinski definition) is 2. The molecule has 1 saturated carbocycles. The molecule has 0 spiro atoms. The van der Waals surface area contributed by atoms with Crippen LogP contribution < -0.4 is 5.32 Å². The van der Waals surface area contributed by atoms with E-state index in [1.54, 1.807) is 0 Å². The molecule has 0 saturated heterocycles. The Hall–Kier alpha value is -1.51. The third-order valence-electron chi connectivity index (χ3n) is 2.53. The molecule has 1 aromatic rings. The zero-order chi connectivity index (χ0) is 10.7. The average Bonchev–Trinajstić information content (AvgIpc) is 3.01. The van der Waals surface area contributed by atoms with Crippen LogP contribution in [0.25, 0.3) is 0 Å². The molecule has 0 atom stereocenters. The second kappa shape index (κ2) is 4.34. The minimum absolute atomic E-state index is 0.204. The number of aryl methyl sites for hydroxylation is 1. The third kappa shape index (κ3) is 3.27. The summed E-state index contributed by atoms with van der Waals surface area (Å²) in [6.07, 6.45) is 3.34. The second-order valence-electron chi connectivity index (χ2n) is 4.01. The largest absolute Gasteiger partial charge is 0.481 e. The normalized spacial score (nSPS) is 14.9.